The zero-order valence-corrected chi connectivity index (χ0v) is 8.45. The Morgan fingerprint density at radius 3 is 3.00 bits per heavy atom. The molecule has 1 aromatic rings. The zero-order chi connectivity index (χ0) is 10.7. The van der Waals surface area contributed by atoms with E-state index < -0.39 is 11.9 Å². The number of Topliss-reactive ketones (excluding diaryl/α,β-unsaturated/α-hetero) is 1. The number of anilines is 1. The first kappa shape index (κ1) is 10.9. The third kappa shape index (κ3) is 2.21. The molecule has 3 N–H and O–H groups in total. The van der Waals surface area contributed by atoms with E-state index in [1.165, 1.54) is 12.3 Å². The van der Waals surface area contributed by atoms with Crippen molar-refractivity contribution in [3.63, 3.8) is 0 Å². The number of nitrogen functional groups attached to an aromatic ring is 1. The van der Waals surface area contributed by atoms with E-state index in [1.54, 1.807) is 6.92 Å². The molecule has 1 rings (SSSR count). The van der Waals surface area contributed by atoms with Crippen molar-refractivity contribution in [2.45, 2.75) is 19.4 Å². The Labute approximate surface area is 86.7 Å². The van der Waals surface area contributed by atoms with Crippen LogP contribution >= 0.6 is 11.6 Å². The second-order valence-corrected chi connectivity index (χ2v) is 3.31. The van der Waals surface area contributed by atoms with Crippen molar-refractivity contribution in [3.05, 3.63) is 22.8 Å². The second kappa shape index (κ2) is 4.39. The summed E-state index contributed by atoms with van der Waals surface area (Å²) in [5, 5.41) is 9.64. The van der Waals surface area contributed by atoms with Gasteiger partial charge in [-0.1, -0.05) is 18.5 Å². The van der Waals surface area contributed by atoms with Crippen LogP contribution in [-0.4, -0.2) is 22.0 Å². The third-order valence-corrected chi connectivity index (χ3v) is 2.05. The van der Waals surface area contributed by atoms with E-state index in [9.17, 15) is 9.90 Å². The van der Waals surface area contributed by atoms with Gasteiger partial charge in [0.25, 0.3) is 0 Å². The van der Waals surface area contributed by atoms with Gasteiger partial charge in [0.2, 0.25) is 0 Å². The van der Waals surface area contributed by atoms with Crippen molar-refractivity contribution in [3.8, 4) is 0 Å². The quantitative estimate of drug-likeness (QED) is 0.743. The second-order valence-electron chi connectivity index (χ2n) is 2.87. The van der Waals surface area contributed by atoms with Gasteiger partial charge in [-0.3, -0.25) is 4.79 Å². The van der Waals surface area contributed by atoms with Crippen LogP contribution in [0.3, 0.4) is 0 Å². The van der Waals surface area contributed by atoms with Crippen LogP contribution in [0, 0.1) is 0 Å². The van der Waals surface area contributed by atoms with Gasteiger partial charge in [-0.25, -0.2) is 4.98 Å². The standard InChI is InChI=1S/C9H11ClN2O2/c1-2-7(13)8(14)6-3-5(10)4-12-9(6)11/h3-4,7,13H,2H2,1H3,(H2,11,12). The third-order valence-electron chi connectivity index (χ3n) is 1.84. The highest BCUT2D eigenvalue weighted by Gasteiger charge is 2.18. The molecule has 1 unspecified atom stereocenters. The average molecular weight is 215 g/mol. The molecular weight excluding hydrogens is 204 g/mol. The Kier molecular flexibility index (Phi) is 3.43. The van der Waals surface area contributed by atoms with Gasteiger partial charge in [-0.15, -0.1) is 0 Å². The summed E-state index contributed by atoms with van der Waals surface area (Å²) in [6.07, 6.45) is 0.647. The lowest BCUT2D eigenvalue weighted by Crippen LogP contribution is -2.20. The van der Waals surface area contributed by atoms with Gasteiger partial charge in [0.1, 0.15) is 11.9 Å². The number of carbonyl (C=O) groups is 1. The van der Waals surface area contributed by atoms with Gasteiger partial charge in [-0.05, 0) is 12.5 Å². The van der Waals surface area contributed by atoms with Gasteiger partial charge in [0.05, 0.1) is 10.6 Å². The molecule has 4 nitrogen and oxygen atoms in total. The molecule has 0 radical (unpaired) electrons. The Balaban J connectivity index is 3.06. The van der Waals surface area contributed by atoms with E-state index in [0.717, 1.165) is 0 Å². The summed E-state index contributed by atoms with van der Waals surface area (Å²) < 4.78 is 0. The van der Waals surface area contributed by atoms with Crippen LogP contribution in [0.15, 0.2) is 12.3 Å². The fourth-order valence-electron chi connectivity index (χ4n) is 1.01. The molecule has 1 heterocycles. The summed E-state index contributed by atoms with van der Waals surface area (Å²) >= 11 is 5.66. The first-order valence-corrected chi connectivity index (χ1v) is 4.57. The number of hydrogen-bond donors (Lipinski definition) is 2. The lowest BCUT2D eigenvalue weighted by Gasteiger charge is -2.08. The number of pyridine rings is 1. The molecule has 0 aliphatic carbocycles. The minimum atomic E-state index is -1.04. The summed E-state index contributed by atoms with van der Waals surface area (Å²) in [5.74, 6) is -0.355. The Hall–Kier alpha value is -1.13. The van der Waals surface area contributed by atoms with Crippen molar-refractivity contribution in [2.24, 2.45) is 0 Å². The molecule has 0 amide bonds. The maximum absolute atomic E-state index is 11.5. The van der Waals surface area contributed by atoms with Crippen molar-refractivity contribution in [1.29, 1.82) is 0 Å². The van der Waals surface area contributed by atoms with Crippen molar-refractivity contribution >= 4 is 23.2 Å². The molecular formula is C9H11ClN2O2. The van der Waals surface area contributed by atoms with E-state index in [2.05, 4.69) is 4.98 Å². The molecule has 5 heteroatoms. The van der Waals surface area contributed by atoms with Crippen LogP contribution in [-0.2, 0) is 0 Å². The van der Waals surface area contributed by atoms with Gasteiger partial charge in [0.15, 0.2) is 5.78 Å². The molecule has 0 fully saturated rings. The fraction of sp³-hybridized carbons (Fsp3) is 0.333. The highest BCUT2D eigenvalue weighted by atomic mass is 35.5. The molecule has 0 bridgehead atoms. The predicted molar refractivity (Wildman–Crippen MR) is 54.3 cm³/mol. The summed E-state index contributed by atoms with van der Waals surface area (Å²) in [5.41, 5.74) is 5.65. The van der Waals surface area contributed by atoms with E-state index in [0.29, 0.717) is 11.4 Å². The Morgan fingerprint density at radius 2 is 2.43 bits per heavy atom. The SMILES string of the molecule is CCC(O)C(=O)c1cc(Cl)cnc1N. The molecule has 14 heavy (non-hydrogen) atoms. The molecule has 0 saturated carbocycles. The van der Waals surface area contributed by atoms with Crippen LogP contribution in [0.1, 0.15) is 23.7 Å². The largest absolute Gasteiger partial charge is 0.385 e. The number of aliphatic hydroxyl groups is 1. The predicted octanol–water partition coefficient (Wildman–Crippen LogP) is 1.27. The number of aromatic nitrogens is 1. The van der Waals surface area contributed by atoms with Crippen molar-refractivity contribution in [1.82, 2.24) is 4.98 Å². The molecule has 0 spiro atoms. The maximum atomic E-state index is 11.5. The minimum Gasteiger partial charge on any atom is -0.385 e. The Morgan fingerprint density at radius 1 is 1.79 bits per heavy atom. The summed E-state index contributed by atoms with van der Waals surface area (Å²) in [6, 6.07) is 1.41. The van der Waals surface area contributed by atoms with Crippen LogP contribution in [0.25, 0.3) is 0 Å². The maximum Gasteiger partial charge on any atom is 0.194 e. The fourth-order valence-corrected chi connectivity index (χ4v) is 1.17. The summed E-state index contributed by atoms with van der Waals surface area (Å²) in [4.78, 5) is 15.3. The van der Waals surface area contributed by atoms with Crippen LogP contribution in [0.5, 0.6) is 0 Å². The monoisotopic (exact) mass is 214 g/mol. The van der Waals surface area contributed by atoms with E-state index in [4.69, 9.17) is 17.3 Å². The number of nitrogens with two attached hydrogens (primary N) is 1. The van der Waals surface area contributed by atoms with Crippen molar-refractivity contribution < 1.29 is 9.90 Å². The molecule has 76 valence electrons. The number of ketones is 1. The zero-order valence-electron chi connectivity index (χ0n) is 7.70. The van der Waals surface area contributed by atoms with Crippen molar-refractivity contribution in [2.75, 3.05) is 5.73 Å². The number of nitrogens with zero attached hydrogens (tertiary/aromatic N) is 1. The van der Waals surface area contributed by atoms with Gasteiger partial charge in [-0.2, -0.15) is 0 Å². The summed E-state index contributed by atoms with van der Waals surface area (Å²) in [7, 11) is 0. The number of carbonyl (C=O) groups excluding carboxylic acids is 1. The number of hydrogen-bond acceptors (Lipinski definition) is 4. The molecule has 1 aromatic heterocycles. The normalized spacial score (nSPS) is 12.5. The first-order chi connectivity index (χ1) is 6.56. The molecule has 1 atom stereocenters. The van der Waals surface area contributed by atoms with E-state index >= 15 is 0 Å². The smallest absolute Gasteiger partial charge is 0.194 e. The van der Waals surface area contributed by atoms with Gasteiger partial charge in [0, 0.05) is 6.20 Å². The molecule has 0 aromatic carbocycles. The van der Waals surface area contributed by atoms with Gasteiger partial charge >= 0.3 is 0 Å². The minimum absolute atomic E-state index is 0.0897. The lowest BCUT2D eigenvalue weighted by atomic mass is 10.1. The lowest BCUT2D eigenvalue weighted by molar-refractivity contribution is 0.0741. The number of halogens is 1. The molecule has 0 aliphatic heterocycles. The Bertz CT molecular complexity index is 355. The van der Waals surface area contributed by atoms with Crippen LogP contribution in [0.4, 0.5) is 5.82 Å². The highest BCUT2D eigenvalue weighted by molar-refractivity contribution is 6.31. The number of rotatable bonds is 3. The van der Waals surface area contributed by atoms with Crippen LogP contribution < -0.4 is 5.73 Å². The van der Waals surface area contributed by atoms with E-state index in [-0.39, 0.29) is 11.4 Å². The number of aliphatic hydroxyl groups excluding tert-OH is 1. The van der Waals surface area contributed by atoms with Gasteiger partial charge < -0.3 is 10.8 Å². The molecule has 0 saturated heterocycles. The topological polar surface area (TPSA) is 76.2 Å². The summed E-state index contributed by atoms with van der Waals surface area (Å²) in [6.45, 7) is 1.71. The van der Waals surface area contributed by atoms with Crippen LogP contribution in [0.2, 0.25) is 5.02 Å². The molecule has 0 aliphatic rings. The highest BCUT2D eigenvalue weighted by Crippen LogP contribution is 2.17. The van der Waals surface area contributed by atoms with E-state index in [1.807, 2.05) is 0 Å². The average Bonchev–Trinajstić information content (AvgIpc) is 2.19. The first-order valence-electron chi connectivity index (χ1n) is 4.19.